The largest absolute Gasteiger partial charge is 0.241 e. The van der Waals surface area contributed by atoms with Crippen LogP contribution in [0.5, 0.6) is 0 Å². The SMILES string of the molecule is CC(NS(=O)(=O)c1ccc(Cl)c(Br)c1)c1ccc(F)cc1. The second-order valence-electron chi connectivity index (χ2n) is 4.47. The number of benzene rings is 2. The van der Waals surface area contributed by atoms with Crippen molar-refractivity contribution in [3.05, 3.63) is 63.3 Å². The fourth-order valence-corrected chi connectivity index (χ4v) is 3.67. The Kier molecular flexibility index (Phi) is 5.03. The Morgan fingerprint density at radius 1 is 1.19 bits per heavy atom. The quantitative estimate of drug-likeness (QED) is 0.844. The maximum Gasteiger partial charge on any atom is 0.241 e. The van der Waals surface area contributed by atoms with Gasteiger partial charge in [-0.1, -0.05) is 23.7 Å². The molecule has 2 aromatic carbocycles. The first-order valence-electron chi connectivity index (χ1n) is 6.02. The van der Waals surface area contributed by atoms with Gasteiger partial charge in [0.15, 0.2) is 0 Å². The van der Waals surface area contributed by atoms with E-state index in [1.165, 1.54) is 30.3 Å². The van der Waals surface area contributed by atoms with Gasteiger partial charge < -0.3 is 0 Å². The average molecular weight is 393 g/mol. The van der Waals surface area contributed by atoms with Crippen LogP contribution in [0, 0.1) is 5.82 Å². The molecule has 0 aliphatic carbocycles. The molecule has 0 aliphatic heterocycles. The van der Waals surface area contributed by atoms with Crippen molar-refractivity contribution in [2.24, 2.45) is 0 Å². The first kappa shape index (κ1) is 16.4. The van der Waals surface area contributed by atoms with Gasteiger partial charge in [0.2, 0.25) is 10.0 Å². The van der Waals surface area contributed by atoms with Gasteiger partial charge in [-0.15, -0.1) is 0 Å². The monoisotopic (exact) mass is 391 g/mol. The van der Waals surface area contributed by atoms with E-state index in [0.717, 1.165) is 0 Å². The summed E-state index contributed by atoms with van der Waals surface area (Å²) < 4.78 is 40.5. The van der Waals surface area contributed by atoms with Crippen LogP contribution in [-0.4, -0.2) is 8.42 Å². The molecule has 1 unspecified atom stereocenters. The van der Waals surface area contributed by atoms with Crippen LogP contribution in [-0.2, 0) is 10.0 Å². The number of halogens is 3. The van der Waals surface area contributed by atoms with Gasteiger partial charge in [-0.05, 0) is 58.7 Å². The fourth-order valence-electron chi connectivity index (χ4n) is 1.76. The lowest BCUT2D eigenvalue weighted by atomic mass is 10.1. The lowest BCUT2D eigenvalue weighted by Gasteiger charge is -2.15. The summed E-state index contributed by atoms with van der Waals surface area (Å²) in [5, 5.41) is 0.431. The lowest BCUT2D eigenvalue weighted by Crippen LogP contribution is -2.26. The highest BCUT2D eigenvalue weighted by atomic mass is 79.9. The van der Waals surface area contributed by atoms with Crippen LogP contribution in [0.3, 0.4) is 0 Å². The minimum Gasteiger partial charge on any atom is -0.207 e. The molecule has 21 heavy (non-hydrogen) atoms. The van der Waals surface area contributed by atoms with Crippen LogP contribution in [0.4, 0.5) is 4.39 Å². The van der Waals surface area contributed by atoms with Gasteiger partial charge in [-0.3, -0.25) is 0 Å². The molecular formula is C14H12BrClFNO2S. The van der Waals surface area contributed by atoms with E-state index in [9.17, 15) is 12.8 Å². The van der Waals surface area contributed by atoms with Crippen LogP contribution in [0.15, 0.2) is 51.8 Å². The maximum absolute atomic E-state index is 12.9. The van der Waals surface area contributed by atoms with E-state index in [-0.39, 0.29) is 10.7 Å². The Labute approximate surface area is 136 Å². The summed E-state index contributed by atoms with van der Waals surface area (Å²) in [6, 6.07) is 9.54. The van der Waals surface area contributed by atoms with Gasteiger partial charge in [0, 0.05) is 10.5 Å². The standard InChI is InChI=1S/C14H12BrClFNO2S/c1-9(10-2-4-11(17)5-3-10)18-21(19,20)12-6-7-14(16)13(15)8-12/h2-9,18H,1H3. The number of sulfonamides is 1. The van der Waals surface area contributed by atoms with Crippen molar-refractivity contribution in [3.63, 3.8) is 0 Å². The first-order valence-corrected chi connectivity index (χ1v) is 8.68. The Bertz CT molecular complexity index is 750. The highest BCUT2D eigenvalue weighted by Crippen LogP contribution is 2.26. The molecule has 7 heteroatoms. The molecule has 1 atom stereocenters. The van der Waals surface area contributed by atoms with E-state index in [4.69, 9.17) is 11.6 Å². The number of hydrogen-bond donors (Lipinski definition) is 1. The van der Waals surface area contributed by atoms with E-state index in [0.29, 0.717) is 15.1 Å². The minimum atomic E-state index is -3.69. The second kappa shape index (κ2) is 6.44. The topological polar surface area (TPSA) is 46.2 Å². The molecule has 0 aliphatic rings. The third kappa shape index (κ3) is 4.03. The summed E-state index contributed by atoms with van der Waals surface area (Å²) in [7, 11) is -3.69. The molecule has 0 bridgehead atoms. The molecule has 0 radical (unpaired) electrons. The molecule has 2 aromatic rings. The zero-order valence-corrected chi connectivity index (χ0v) is 14.1. The van der Waals surface area contributed by atoms with Crippen molar-refractivity contribution in [1.29, 1.82) is 0 Å². The highest BCUT2D eigenvalue weighted by molar-refractivity contribution is 9.10. The summed E-state index contributed by atoms with van der Waals surface area (Å²) in [5.74, 6) is -0.365. The molecule has 112 valence electrons. The summed E-state index contributed by atoms with van der Waals surface area (Å²) >= 11 is 9.04. The molecule has 0 aromatic heterocycles. The highest BCUT2D eigenvalue weighted by Gasteiger charge is 2.19. The van der Waals surface area contributed by atoms with Gasteiger partial charge in [-0.25, -0.2) is 17.5 Å². The molecule has 0 saturated carbocycles. The van der Waals surface area contributed by atoms with Gasteiger partial charge in [0.25, 0.3) is 0 Å². The van der Waals surface area contributed by atoms with Crippen LogP contribution in [0.1, 0.15) is 18.5 Å². The van der Waals surface area contributed by atoms with Gasteiger partial charge in [0.05, 0.1) is 9.92 Å². The molecule has 0 amide bonds. The van der Waals surface area contributed by atoms with E-state index in [1.54, 1.807) is 19.1 Å². The van der Waals surface area contributed by atoms with E-state index in [2.05, 4.69) is 20.7 Å². The van der Waals surface area contributed by atoms with Crippen molar-refractivity contribution in [2.75, 3.05) is 0 Å². The molecule has 0 spiro atoms. The summed E-state index contributed by atoms with van der Waals surface area (Å²) in [6.07, 6.45) is 0. The number of nitrogens with one attached hydrogen (secondary N) is 1. The zero-order chi connectivity index (χ0) is 15.6. The third-order valence-electron chi connectivity index (χ3n) is 2.90. The molecule has 0 heterocycles. The Morgan fingerprint density at radius 2 is 1.81 bits per heavy atom. The Balaban J connectivity index is 2.24. The number of rotatable bonds is 4. The van der Waals surface area contributed by atoms with Crippen LogP contribution in [0.25, 0.3) is 0 Å². The zero-order valence-electron chi connectivity index (χ0n) is 11.0. The predicted octanol–water partition coefficient (Wildman–Crippen LogP) is 4.28. The number of hydrogen-bond acceptors (Lipinski definition) is 2. The normalized spacial score (nSPS) is 13.1. The van der Waals surface area contributed by atoms with Gasteiger partial charge >= 0.3 is 0 Å². The van der Waals surface area contributed by atoms with Crippen molar-refractivity contribution in [1.82, 2.24) is 4.72 Å². The molecule has 0 fully saturated rings. The van der Waals surface area contributed by atoms with Crippen LogP contribution >= 0.6 is 27.5 Å². The third-order valence-corrected chi connectivity index (χ3v) is 5.66. The van der Waals surface area contributed by atoms with Crippen molar-refractivity contribution >= 4 is 37.6 Å². The first-order chi connectivity index (χ1) is 9.79. The molecule has 0 saturated heterocycles. The molecule has 1 N–H and O–H groups in total. The van der Waals surface area contributed by atoms with Crippen molar-refractivity contribution in [3.8, 4) is 0 Å². The Hall–Kier alpha value is -0.950. The van der Waals surface area contributed by atoms with Crippen molar-refractivity contribution < 1.29 is 12.8 Å². The van der Waals surface area contributed by atoms with Gasteiger partial charge in [0.1, 0.15) is 5.82 Å². The molecule has 3 nitrogen and oxygen atoms in total. The second-order valence-corrected chi connectivity index (χ2v) is 7.45. The summed E-state index contributed by atoms with van der Waals surface area (Å²) in [6.45, 7) is 1.69. The van der Waals surface area contributed by atoms with Crippen molar-refractivity contribution in [2.45, 2.75) is 17.9 Å². The summed E-state index contributed by atoms with van der Waals surface area (Å²) in [5.41, 5.74) is 0.674. The van der Waals surface area contributed by atoms with Crippen LogP contribution < -0.4 is 4.72 Å². The van der Waals surface area contributed by atoms with E-state index in [1.807, 2.05) is 0 Å². The van der Waals surface area contributed by atoms with E-state index < -0.39 is 16.1 Å². The maximum atomic E-state index is 12.9. The average Bonchev–Trinajstić information content (AvgIpc) is 2.42. The minimum absolute atomic E-state index is 0.104. The van der Waals surface area contributed by atoms with E-state index >= 15 is 0 Å². The van der Waals surface area contributed by atoms with Gasteiger partial charge in [-0.2, -0.15) is 0 Å². The molecular weight excluding hydrogens is 381 g/mol. The van der Waals surface area contributed by atoms with Crippen LogP contribution in [0.2, 0.25) is 5.02 Å². The fraction of sp³-hybridized carbons (Fsp3) is 0.143. The molecule has 2 rings (SSSR count). The predicted molar refractivity (Wildman–Crippen MR) is 84.3 cm³/mol. The Morgan fingerprint density at radius 3 is 2.38 bits per heavy atom. The summed E-state index contributed by atoms with van der Waals surface area (Å²) in [4.78, 5) is 0.104. The smallest absolute Gasteiger partial charge is 0.207 e. The lowest BCUT2D eigenvalue weighted by molar-refractivity contribution is 0.566.